The van der Waals surface area contributed by atoms with E-state index in [2.05, 4.69) is 90.1 Å². The van der Waals surface area contributed by atoms with Crippen LogP contribution in [0.15, 0.2) is 60.7 Å². The molecule has 0 N–H and O–H groups in total. The van der Waals surface area contributed by atoms with Crippen molar-refractivity contribution in [3.05, 3.63) is 71.8 Å². The topological polar surface area (TPSA) is 17.1 Å². The summed E-state index contributed by atoms with van der Waals surface area (Å²) in [6.45, 7) is 13.2. The molecule has 2 unspecified atom stereocenters. The van der Waals surface area contributed by atoms with E-state index in [1.54, 1.807) is 0 Å². The van der Waals surface area contributed by atoms with Gasteiger partial charge < -0.3 is 0 Å². The second kappa shape index (κ2) is 8.20. The summed E-state index contributed by atoms with van der Waals surface area (Å²) in [5.74, 6) is 0.511. The molecule has 0 fully saturated rings. The molecule has 0 saturated heterocycles. The van der Waals surface area contributed by atoms with Crippen LogP contribution in [0.2, 0.25) is 0 Å². The molecule has 140 valence electrons. The van der Waals surface area contributed by atoms with Crippen molar-refractivity contribution in [1.82, 2.24) is 0 Å². The molecule has 0 amide bonds. The minimum absolute atomic E-state index is 0.00496. The van der Waals surface area contributed by atoms with Crippen LogP contribution in [0.4, 0.5) is 0 Å². The van der Waals surface area contributed by atoms with Crippen molar-refractivity contribution in [3.8, 4) is 0 Å². The van der Waals surface area contributed by atoms with E-state index in [1.165, 1.54) is 11.1 Å². The van der Waals surface area contributed by atoms with Crippen LogP contribution in [-0.2, 0) is 15.6 Å². The van der Waals surface area contributed by atoms with Crippen molar-refractivity contribution in [2.45, 2.75) is 65.2 Å². The van der Waals surface area contributed by atoms with Crippen LogP contribution in [0.3, 0.4) is 0 Å². The maximum atomic E-state index is 13.1. The molecule has 2 aromatic carbocycles. The van der Waals surface area contributed by atoms with Crippen molar-refractivity contribution >= 4 is 5.78 Å². The number of benzene rings is 2. The van der Waals surface area contributed by atoms with Crippen molar-refractivity contribution in [2.24, 2.45) is 11.8 Å². The summed E-state index contributed by atoms with van der Waals surface area (Å²) in [5, 5.41) is 0. The van der Waals surface area contributed by atoms with E-state index in [-0.39, 0.29) is 22.7 Å². The van der Waals surface area contributed by atoms with Gasteiger partial charge in [0, 0.05) is 11.8 Å². The molecule has 0 aromatic heterocycles. The summed E-state index contributed by atoms with van der Waals surface area (Å²) in [6.07, 6.45) is 1.76. The molecule has 0 spiro atoms. The largest absolute Gasteiger partial charge is 0.299 e. The molecule has 0 heterocycles. The highest BCUT2D eigenvalue weighted by Crippen LogP contribution is 2.35. The van der Waals surface area contributed by atoms with Crippen LogP contribution < -0.4 is 0 Å². The number of Topliss-reactive ketones (excluding diaryl/α,β-unsaturated/α-hetero) is 1. The van der Waals surface area contributed by atoms with Crippen LogP contribution in [0.1, 0.15) is 65.5 Å². The van der Waals surface area contributed by atoms with E-state index in [0.717, 1.165) is 12.8 Å². The molecule has 1 heteroatoms. The molecule has 2 aromatic rings. The molecule has 0 bridgehead atoms. The lowest BCUT2D eigenvalue weighted by Crippen LogP contribution is -2.31. The first-order valence-electron chi connectivity index (χ1n) is 9.78. The third-order valence-corrected chi connectivity index (χ3v) is 5.71. The van der Waals surface area contributed by atoms with E-state index in [9.17, 15) is 4.79 Å². The Hall–Kier alpha value is -1.89. The van der Waals surface area contributed by atoms with Gasteiger partial charge in [0.1, 0.15) is 5.78 Å². The van der Waals surface area contributed by atoms with E-state index in [0.29, 0.717) is 5.78 Å². The van der Waals surface area contributed by atoms with Gasteiger partial charge in [0.25, 0.3) is 0 Å². The third kappa shape index (κ3) is 5.06. The first-order valence-corrected chi connectivity index (χ1v) is 9.78. The average molecular weight is 351 g/mol. The highest BCUT2D eigenvalue weighted by molar-refractivity contribution is 5.83. The maximum Gasteiger partial charge on any atom is 0.138 e. The Balaban J connectivity index is 2.03. The number of hydrogen-bond acceptors (Lipinski definition) is 1. The van der Waals surface area contributed by atoms with Crippen molar-refractivity contribution < 1.29 is 4.79 Å². The zero-order valence-corrected chi connectivity index (χ0v) is 17.3. The Bertz CT molecular complexity index is 636. The summed E-state index contributed by atoms with van der Waals surface area (Å²) >= 11 is 0. The van der Waals surface area contributed by atoms with Gasteiger partial charge in [0.2, 0.25) is 0 Å². The SMILES string of the molecule is CC(CC(C)(C)c1ccccc1)C(=O)C(C)CC(C)(C)c1ccccc1. The number of ketones is 1. The quantitative estimate of drug-likeness (QED) is 0.526. The lowest BCUT2D eigenvalue weighted by Gasteiger charge is -2.32. The molecule has 26 heavy (non-hydrogen) atoms. The Morgan fingerprint density at radius 1 is 0.692 bits per heavy atom. The first kappa shape index (κ1) is 20.4. The van der Waals surface area contributed by atoms with Gasteiger partial charge in [0.05, 0.1) is 0 Å². The van der Waals surface area contributed by atoms with Gasteiger partial charge in [-0.3, -0.25) is 4.79 Å². The fourth-order valence-corrected chi connectivity index (χ4v) is 4.23. The molecule has 1 nitrogen and oxygen atoms in total. The first-order chi connectivity index (χ1) is 12.1. The number of hydrogen-bond donors (Lipinski definition) is 0. The smallest absolute Gasteiger partial charge is 0.138 e. The third-order valence-electron chi connectivity index (χ3n) is 5.71. The molecule has 2 rings (SSSR count). The molecule has 0 radical (unpaired) electrons. The van der Waals surface area contributed by atoms with Crippen LogP contribution in [-0.4, -0.2) is 5.78 Å². The van der Waals surface area contributed by atoms with Gasteiger partial charge in [-0.1, -0.05) is 102 Å². The van der Waals surface area contributed by atoms with E-state index < -0.39 is 0 Å². The summed E-state index contributed by atoms with van der Waals surface area (Å²) in [6, 6.07) is 21.1. The Morgan fingerprint density at radius 3 is 1.31 bits per heavy atom. The van der Waals surface area contributed by atoms with Gasteiger partial charge >= 0.3 is 0 Å². The van der Waals surface area contributed by atoms with Gasteiger partial charge in [-0.2, -0.15) is 0 Å². The van der Waals surface area contributed by atoms with Crippen LogP contribution in [0, 0.1) is 11.8 Å². The molecule has 2 atom stereocenters. The fourth-order valence-electron chi connectivity index (χ4n) is 4.23. The Labute approximate surface area is 159 Å². The molecule has 0 saturated carbocycles. The maximum absolute atomic E-state index is 13.1. The zero-order valence-electron chi connectivity index (χ0n) is 17.3. The van der Waals surface area contributed by atoms with Crippen molar-refractivity contribution in [1.29, 1.82) is 0 Å². The molecule has 0 aliphatic carbocycles. The average Bonchev–Trinajstić information content (AvgIpc) is 2.61. The van der Waals surface area contributed by atoms with Crippen LogP contribution in [0.25, 0.3) is 0 Å². The second-order valence-electron chi connectivity index (χ2n) is 9.11. The van der Waals surface area contributed by atoms with E-state index in [4.69, 9.17) is 0 Å². The molecule has 0 aliphatic heterocycles. The zero-order chi connectivity index (χ0) is 19.4. The Kier molecular flexibility index (Phi) is 6.44. The molecule has 0 aliphatic rings. The standard InChI is InChI=1S/C25H34O/c1-19(17-24(3,4)21-13-9-7-10-14-21)23(26)20(2)18-25(5,6)22-15-11-8-12-16-22/h7-16,19-20H,17-18H2,1-6H3. The number of carbonyl (C=O) groups is 1. The minimum Gasteiger partial charge on any atom is -0.299 e. The van der Waals surface area contributed by atoms with Gasteiger partial charge in [-0.25, -0.2) is 0 Å². The van der Waals surface area contributed by atoms with Crippen LogP contribution in [0.5, 0.6) is 0 Å². The van der Waals surface area contributed by atoms with E-state index >= 15 is 0 Å². The van der Waals surface area contributed by atoms with Gasteiger partial charge in [0.15, 0.2) is 0 Å². The number of carbonyl (C=O) groups excluding carboxylic acids is 1. The minimum atomic E-state index is 0.00496. The fraction of sp³-hybridized carbons (Fsp3) is 0.480. The number of rotatable bonds is 8. The van der Waals surface area contributed by atoms with Crippen molar-refractivity contribution in [2.75, 3.05) is 0 Å². The predicted octanol–water partition coefficient (Wildman–Crippen LogP) is 6.56. The second-order valence-corrected chi connectivity index (χ2v) is 9.11. The Morgan fingerprint density at radius 2 is 1.00 bits per heavy atom. The summed E-state index contributed by atoms with van der Waals surface area (Å²) in [5.41, 5.74) is 2.62. The normalized spacial score (nSPS) is 14.7. The lowest BCUT2D eigenvalue weighted by atomic mass is 9.72. The van der Waals surface area contributed by atoms with Gasteiger partial charge in [-0.05, 0) is 34.8 Å². The summed E-state index contributed by atoms with van der Waals surface area (Å²) < 4.78 is 0. The molecular formula is C25H34O. The highest BCUT2D eigenvalue weighted by atomic mass is 16.1. The molecular weight excluding hydrogens is 316 g/mol. The van der Waals surface area contributed by atoms with E-state index in [1.807, 2.05) is 12.1 Å². The summed E-state index contributed by atoms with van der Waals surface area (Å²) in [7, 11) is 0. The predicted molar refractivity (Wildman–Crippen MR) is 112 cm³/mol. The van der Waals surface area contributed by atoms with Crippen molar-refractivity contribution in [3.63, 3.8) is 0 Å². The summed E-state index contributed by atoms with van der Waals surface area (Å²) in [4.78, 5) is 13.1. The lowest BCUT2D eigenvalue weighted by molar-refractivity contribution is -0.127. The highest BCUT2D eigenvalue weighted by Gasteiger charge is 2.32. The monoisotopic (exact) mass is 350 g/mol. The van der Waals surface area contributed by atoms with Gasteiger partial charge in [-0.15, -0.1) is 0 Å². The van der Waals surface area contributed by atoms with Crippen LogP contribution >= 0.6 is 0 Å².